The number of aryl methyl sites for hydroxylation is 1. The number of aliphatic hydroxyl groups is 1. The lowest BCUT2D eigenvalue weighted by Crippen LogP contribution is -2.42. The van der Waals surface area contributed by atoms with Crippen molar-refractivity contribution in [2.75, 3.05) is 19.7 Å². The number of piperidine rings is 1. The molecule has 0 amide bonds. The summed E-state index contributed by atoms with van der Waals surface area (Å²) in [5.41, 5.74) is 1.11. The van der Waals surface area contributed by atoms with E-state index in [-0.39, 0.29) is 12.0 Å². The van der Waals surface area contributed by atoms with Gasteiger partial charge in [-0.1, -0.05) is 29.8 Å². The summed E-state index contributed by atoms with van der Waals surface area (Å²) in [6, 6.07) is 7.99. The molecule has 0 bridgehead atoms. The Labute approximate surface area is 146 Å². The van der Waals surface area contributed by atoms with E-state index in [9.17, 15) is 5.11 Å². The smallest absolute Gasteiger partial charge is 0.0897 e. The van der Waals surface area contributed by atoms with Crippen molar-refractivity contribution in [1.82, 2.24) is 9.88 Å². The molecule has 23 heavy (non-hydrogen) atoms. The number of hydrogen-bond donors (Lipinski definition) is 1. The molecule has 1 N–H and O–H groups in total. The molecule has 2 aromatic rings. The van der Waals surface area contributed by atoms with E-state index >= 15 is 0 Å². The molecule has 2 heterocycles. The molecular formula is C18H23ClN2OS. The zero-order chi connectivity index (χ0) is 16.3. The van der Waals surface area contributed by atoms with Gasteiger partial charge in [0.25, 0.3) is 0 Å². The van der Waals surface area contributed by atoms with Gasteiger partial charge >= 0.3 is 0 Å². The highest BCUT2D eigenvalue weighted by atomic mass is 35.5. The number of aromatic nitrogens is 1. The molecule has 3 rings (SSSR count). The SMILES string of the molecule is Cc1ncc(CN2CCC(CO)(Cc3ccccc3Cl)CC2)s1. The Morgan fingerprint density at radius 2 is 2.04 bits per heavy atom. The van der Waals surface area contributed by atoms with E-state index in [1.807, 2.05) is 31.3 Å². The van der Waals surface area contributed by atoms with Crippen LogP contribution in [0.3, 0.4) is 0 Å². The lowest BCUT2D eigenvalue weighted by Gasteiger charge is -2.41. The molecule has 0 atom stereocenters. The molecule has 3 nitrogen and oxygen atoms in total. The van der Waals surface area contributed by atoms with Gasteiger partial charge in [0.2, 0.25) is 0 Å². The number of aliphatic hydroxyl groups excluding tert-OH is 1. The van der Waals surface area contributed by atoms with Crippen LogP contribution in [0.2, 0.25) is 5.02 Å². The number of halogens is 1. The van der Waals surface area contributed by atoms with E-state index < -0.39 is 0 Å². The van der Waals surface area contributed by atoms with Crippen LogP contribution in [0.5, 0.6) is 0 Å². The number of thiazole rings is 1. The van der Waals surface area contributed by atoms with Gasteiger partial charge in [-0.05, 0) is 56.3 Å². The molecule has 1 aliphatic rings. The molecule has 1 saturated heterocycles. The molecule has 1 aromatic carbocycles. The summed E-state index contributed by atoms with van der Waals surface area (Å²) < 4.78 is 0. The Morgan fingerprint density at radius 1 is 1.30 bits per heavy atom. The molecule has 0 saturated carbocycles. The first-order valence-electron chi connectivity index (χ1n) is 8.08. The lowest BCUT2D eigenvalue weighted by molar-refractivity contribution is 0.0417. The van der Waals surface area contributed by atoms with Crippen molar-refractivity contribution in [2.24, 2.45) is 5.41 Å². The van der Waals surface area contributed by atoms with Gasteiger partial charge in [0, 0.05) is 29.2 Å². The van der Waals surface area contributed by atoms with Crippen LogP contribution in [0.15, 0.2) is 30.5 Å². The third kappa shape index (κ3) is 4.13. The van der Waals surface area contributed by atoms with Crippen LogP contribution in [0.1, 0.15) is 28.3 Å². The van der Waals surface area contributed by atoms with Gasteiger partial charge in [0.15, 0.2) is 0 Å². The first-order valence-corrected chi connectivity index (χ1v) is 9.28. The number of rotatable bonds is 5. The van der Waals surface area contributed by atoms with Crippen molar-refractivity contribution in [3.05, 3.63) is 50.9 Å². The normalized spacial score (nSPS) is 18.2. The molecule has 0 radical (unpaired) electrons. The Kier molecular flexibility index (Phi) is 5.37. The molecule has 1 aromatic heterocycles. The molecule has 0 unspecified atom stereocenters. The molecule has 0 aliphatic carbocycles. The first kappa shape index (κ1) is 16.9. The van der Waals surface area contributed by atoms with Gasteiger partial charge in [0.1, 0.15) is 0 Å². The summed E-state index contributed by atoms with van der Waals surface area (Å²) in [7, 11) is 0. The summed E-state index contributed by atoms with van der Waals surface area (Å²) in [5, 5.41) is 11.9. The van der Waals surface area contributed by atoms with Gasteiger partial charge in [-0.15, -0.1) is 11.3 Å². The van der Waals surface area contributed by atoms with Crippen molar-refractivity contribution in [1.29, 1.82) is 0 Å². The predicted octanol–water partition coefficient (Wildman–Crippen LogP) is 3.92. The highest BCUT2D eigenvalue weighted by molar-refractivity contribution is 7.11. The Morgan fingerprint density at radius 3 is 2.65 bits per heavy atom. The largest absolute Gasteiger partial charge is 0.396 e. The number of hydrogen-bond acceptors (Lipinski definition) is 4. The average Bonchev–Trinajstić information content (AvgIpc) is 2.97. The maximum absolute atomic E-state index is 10.0. The molecule has 0 spiro atoms. The Balaban J connectivity index is 1.62. The van der Waals surface area contributed by atoms with E-state index in [2.05, 4.69) is 16.0 Å². The van der Waals surface area contributed by atoms with Crippen LogP contribution >= 0.6 is 22.9 Å². The van der Waals surface area contributed by atoms with Crippen molar-refractivity contribution in [3.63, 3.8) is 0 Å². The zero-order valence-electron chi connectivity index (χ0n) is 13.5. The molecule has 1 fully saturated rings. The van der Waals surface area contributed by atoms with E-state index in [1.54, 1.807) is 11.3 Å². The summed E-state index contributed by atoms with van der Waals surface area (Å²) in [5.74, 6) is 0. The second kappa shape index (κ2) is 7.31. The van der Waals surface area contributed by atoms with E-state index in [0.29, 0.717) is 0 Å². The standard InChI is InChI=1S/C18H23ClN2OS/c1-14-20-11-16(23-14)12-21-8-6-18(13-22,7-9-21)10-15-4-2-3-5-17(15)19/h2-5,11,22H,6-10,12-13H2,1H3. The molecule has 124 valence electrons. The minimum absolute atomic E-state index is 0.0366. The average molecular weight is 351 g/mol. The van der Waals surface area contributed by atoms with Crippen LogP contribution in [0, 0.1) is 12.3 Å². The highest BCUT2D eigenvalue weighted by Crippen LogP contribution is 2.37. The molecule has 1 aliphatic heterocycles. The van der Waals surface area contributed by atoms with Crippen molar-refractivity contribution >= 4 is 22.9 Å². The number of nitrogens with zero attached hydrogens (tertiary/aromatic N) is 2. The monoisotopic (exact) mass is 350 g/mol. The van der Waals surface area contributed by atoms with Crippen LogP contribution in [-0.2, 0) is 13.0 Å². The van der Waals surface area contributed by atoms with E-state index in [0.717, 1.165) is 54.5 Å². The van der Waals surface area contributed by atoms with Crippen molar-refractivity contribution in [2.45, 2.75) is 32.7 Å². The number of benzene rings is 1. The summed E-state index contributed by atoms with van der Waals surface area (Å²) >= 11 is 8.08. The number of likely N-dealkylation sites (tertiary alicyclic amines) is 1. The van der Waals surface area contributed by atoms with Crippen LogP contribution in [0.25, 0.3) is 0 Å². The van der Waals surface area contributed by atoms with Gasteiger partial charge in [0.05, 0.1) is 5.01 Å². The van der Waals surface area contributed by atoms with E-state index in [1.165, 1.54) is 4.88 Å². The topological polar surface area (TPSA) is 36.4 Å². The predicted molar refractivity (Wildman–Crippen MR) is 96.0 cm³/mol. The zero-order valence-corrected chi connectivity index (χ0v) is 15.0. The molecular weight excluding hydrogens is 328 g/mol. The highest BCUT2D eigenvalue weighted by Gasteiger charge is 2.34. The van der Waals surface area contributed by atoms with Crippen LogP contribution in [-0.4, -0.2) is 34.7 Å². The van der Waals surface area contributed by atoms with Crippen molar-refractivity contribution < 1.29 is 5.11 Å². The fourth-order valence-corrected chi connectivity index (χ4v) is 4.36. The minimum atomic E-state index is -0.0366. The van der Waals surface area contributed by atoms with Gasteiger partial charge in [-0.3, -0.25) is 4.90 Å². The van der Waals surface area contributed by atoms with Crippen LogP contribution in [0.4, 0.5) is 0 Å². The van der Waals surface area contributed by atoms with E-state index in [4.69, 9.17) is 11.6 Å². The second-order valence-corrected chi connectivity index (χ2v) is 8.27. The quantitative estimate of drug-likeness (QED) is 0.887. The fraction of sp³-hybridized carbons (Fsp3) is 0.500. The lowest BCUT2D eigenvalue weighted by atomic mass is 9.74. The minimum Gasteiger partial charge on any atom is -0.396 e. The van der Waals surface area contributed by atoms with Crippen molar-refractivity contribution in [3.8, 4) is 0 Å². The summed E-state index contributed by atoms with van der Waals surface area (Å²) in [6.45, 7) is 5.28. The third-order valence-electron chi connectivity index (χ3n) is 4.82. The first-order chi connectivity index (χ1) is 11.1. The Hall–Kier alpha value is -0.940. The summed E-state index contributed by atoms with van der Waals surface area (Å²) in [6.07, 6.45) is 4.85. The second-order valence-electron chi connectivity index (χ2n) is 6.55. The van der Waals surface area contributed by atoms with Crippen LogP contribution < -0.4 is 0 Å². The molecule has 5 heteroatoms. The fourth-order valence-electron chi connectivity index (χ4n) is 3.32. The maximum atomic E-state index is 10.0. The van der Waals surface area contributed by atoms with Gasteiger partial charge in [-0.2, -0.15) is 0 Å². The third-order valence-corrected chi connectivity index (χ3v) is 6.09. The van der Waals surface area contributed by atoms with Gasteiger partial charge < -0.3 is 5.11 Å². The maximum Gasteiger partial charge on any atom is 0.0897 e. The van der Waals surface area contributed by atoms with Gasteiger partial charge in [-0.25, -0.2) is 4.98 Å². The summed E-state index contributed by atoms with van der Waals surface area (Å²) in [4.78, 5) is 8.12. The Bertz CT molecular complexity index is 650.